The van der Waals surface area contributed by atoms with Crippen molar-refractivity contribution in [3.8, 4) is 11.1 Å². The van der Waals surface area contributed by atoms with E-state index in [1.807, 2.05) is 0 Å². The van der Waals surface area contributed by atoms with Crippen molar-refractivity contribution in [1.29, 1.82) is 0 Å². The Labute approximate surface area is 107 Å². The third-order valence-electron chi connectivity index (χ3n) is 3.12. The van der Waals surface area contributed by atoms with Crippen molar-refractivity contribution in [2.24, 2.45) is 0 Å². The molecule has 0 heteroatoms. The summed E-state index contributed by atoms with van der Waals surface area (Å²) >= 11 is 0. The summed E-state index contributed by atoms with van der Waals surface area (Å²) in [6.45, 7) is 5.16. The van der Waals surface area contributed by atoms with Gasteiger partial charge in [-0.05, 0) is 29.2 Å². The van der Waals surface area contributed by atoms with Crippen LogP contribution in [0.2, 0.25) is 0 Å². The van der Waals surface area contributed by atoms with Crippen molar-refractivity contribution in [2.75, 3.05) is 0 Å². The van der Waals surface area contributed by atoms with E-state index in [1.54, 1.807) is 20.8 Å². The van der Waals surface area contributed by atoms with Gasteiger partial charge in [-0.25, -0.2) is 0 Å². The van der Waals surface area contributed by atoms with Crippen LogP contribution in [0.4, 0.5) is 0 Å². The minimum atomic E-state index is -0.850. The molecule has 80 valence electrons. The van der Waals surface area contributed by atoms with Crippen LogP contribution >= 0.6 is 0 Å². The minimum absolute atomic E-state index is 0.00781. The first-order valence-corrected chi connectivity index (χ1v) is 5.25. The Morgan fingerprint density at radius 2 is 1.62 bits per heavy atom. The van der Waals surface area contributed by atoms with E-state index in [2.05, 4.69) is 0 Å². The fourth-order valence-corrected chi connectivity index (χ4v) is 2.25. The maximum atomic E-state index is 8.36. The van der Waals surface area contributed by atoms with Crippen molar-refractivity contribution in [1.82, 2.24) is 0 Å². The second-order valence-electron chi connectivity index (χ2n) is 4.62. The second-order valence-corrected chi connectivity index (χ2v) is 4.62. The molecule has 0 heterocycles. The van der Waals surface area contributed by atoms with E-state index in [4.69, 9.17) is 9.60 Å². The van der Waals surface area contributed by atoms with Crippen molar-refractivity contribution < 1.29 is 9.60 Å². The van der Waals surface area contributed by atoms with Crippen molar-refractivity contribution in [3.63, 3.8) is 0 Å². The summed E-state index contributed by atoms with van der Waals surface area (Å²) in [5.74, 6) is 0. The van der Waals surface area contributed by atoms with Gasteiger partial charge in [-0.3, -0.25) is 0 Å². The molecule has 16 heavy (non-hydrogen) atoms. The van der Waals surface area contributed by atoms with E-state index in [0.29, 0.717) is 27.8 Å². The molecule has 0 saturated heterocycles. The first-order valence-electron chi connectivity index (χ1n) is 8.75. The average Bonchev–Trinajstić information content (AvgIpc) is 2.74. The molecule has 0 fully saturated rings. The van der Waals surface area contributed by atoms with Crippen LogP contribution in [0.3, 0.4) is 0 Å². The summed E-state index contributed by atoms with van der Waals surface area (Å²) in [6, 6.07) is -0.927. The summed E-state index contributed by atoms with van der Waals surface area (Å²) in [4.78, 5) is 0. The molecule has 1 aliphatic carbocycles. The Morgan fingerprint density at radius 3 is 2.44 bits per heavy atom. The van der Waals surface area contributed by atoms with E-state index in [9.17, 15) is 0 Å². The smallest absolute Gasteiger partial charge is 0.0619 e. The molecule has 0 radical (unpaired) electrons. The average molecular weight is 215 g/mol. The third-order valence-corrected chi connectivity index (χ3v) is 3.12. The molecule has 2 aromatic rings. The number of benzene rings is 2. The lowest BCUT2D eigenvalue weighted by Gasteiger charge is -2.21. The molecule has 0 saturated carbocycles. The zero-order chi connectivity index (χ0) is 17.4. The molecule has 0 aromatic heterocycles. The summed E-state index contributed by atoms with van der Waals surface area (Å²) in [7, 11) is 0. The SMILES string of the molecule is [2H]c1c([2H])c([2H])c2c(c1[2H])-c1c([2H])c(C)c([2H])c([2H])c1C2(C)C. The van der Waals surface area contributed by atoms with Gasteiger partial charge >= 0.3 is 0 Å². The lowest BCUT2D eigenvalue weighted by molar-refractivity contribution is 0.660. The second kappa shape index (κ2) is 2.98. The molecule has 0 atom stereocenters. The summed E-state index contributed by atoms with van der Waals surface area (Å²) in [5.41, 5.74) is 1.03. The first-order chi connectivity index (χ1) is 10.5. The Hall–Kier alpha value is -1.56. The fourth-order valence-electron chi connectivity index (χ4n) is 2.25. The lowest BCUT2D eigenvalue weighted by atomic mass is 9.82. The predicted octanol–water partition coefficient (Wildman–Crippen LogP) is 4.30. The maximum Gasteiger partial charge on any atom is 0.0632 e. The van der Waals surface area contributed by atoms with Crippen molar-refractivity contribution in [3.05, 3.63) is 59.0 Å². The quantitative estimate of drug-likeness (QED) is 0.614. The van der Waals surface area contributed by atoms with E-state index in [-0.39, 0.29) is 42.3 Å². The zero-order valence-corrected chi connectivity index (χ0v) is 9.50. The van der Waals surface area contributed by atoms with Gasteiger partial charge in [0.05, 0.1) is 9.60 Å². The van der Waals surface area contributed by atoms with Gasteiger partial charge in [-0.1, -0.05) is 61.7 Å². The maximum absolute atomic E-state index is 8.36. The molecule has 0 N–H and O–H groups in total. The van der Waals surface area contributed by atoms with Gasteiger partial charge in [0.2, 0.25) is 0 Å². The van der Waals surface area contributed by atoms with E-state index in [0.717, 1.165) is 0 Å². The highest BCUT2D eigenvalue weighted by atomic mass is 14.4. The Balaban J connectivity index is 2.63. The van der Waals surface area contributed by atoms with Gasteiger partial charge in [0, 0.05) is 5.41 Å². The first kappa shape index (κ1) is 4.75. The van der Waals surface area contributed by atoms with Crippen LogP contribution in [0.25, 0.3) is 11.1 Å². The van der Waals surface area contributed by atoms with Crippen molar-refractivity contribution in [2.45, 2.75) is 26.2 Å². The third kappa shape index (κ3) is 1.10. The molecular weight excluding hydrogens is 192 g/mol. The monoisotopic (exact) mass is 215 g/mol. The molecule has 0 unspecified atom stereocenters. The summed E-state index contributed by atoms with van der Waals surface area (Å²) in [6.07, 6.45) is 0. The highest BCUT2D eigenvalue weighted by Gasteiger charge is 2.34. The van der Waals surface area contributed by atoms with E-state index < -0.39 is 5.41 Å². The Morgan fingerprint density at radius 1 is 0.938 bits per heavy atom. The predicted molar refractivity (Wildman–Crippen MR) is 68.7 cm³/mol. The van der Waals surface area contributed by atoms with Crippen LogP contribution in [0.1, 0.15) is 40.1 Å². The van der Waals surface area contributed by atoms with Crippen LogP contribution in [-0.2, 0) is 5.41 Å². The van der Waals surface area contributed by atoms with Gasteiger partial charge in [0.1, 0.15) is 0 Å². The highest BCUT2D eigenvalue weighted by molar-refractivity contribution is 5.80. The zero-order valence-electron chi connectivity index (χ0n) is 16.5. The van der Waals surface area contributed by atoms with Gasteiger partial charge < -0.3 is 0 Å². The van der Waals surface area contributed by atoms with Crippen molar-refractivity contribution >= 4 is 0 Å². The van der Waals surface area contributed by atoms with Gasteiger partial charge in [-0.15, -0.1) is 0 Å². The van der Waals surface area contributed by atoms with Crippen LogP contribution in [0.5, 0.6) is 0 Å². The van der Waals surface area contributed by atoms with Crippen LogP contribution in [0.15, 0.2) is 42.3 Å². The largest absolute Gasteiger partial charge is 0.0632 e. The van der Waals surface area contributed by atoms with Crippen LogP contribution < -0.4 is 0 Å². The molecular formula is C16H16. The minimum Gasteiger partial charge on any atom is -0.0619 e. The molecule has 0 nitrogen and oxygen atoms in total. The number of fused-ring (bicyclic) bond motifs is 3. The molecule has 0 aliphatic heterocycles. The van der Waals surface area contributed by atoms with Crippen LogP contribution in [0, 0.1) is 6.92 Å². The van der Waals surface area contributed by atoms with Gasteiger partial charge in [0.15, 0.2) is 0 Å². The van der Waals surface area contributed by atoms with E-state index >= 15 is 0 Å². The molecule has 0 bridgehead atoms. The molecule has 3 rings (SSSR count). The molecule has 0 amide bonds. The summed E-state index contributed by atoms with van der Waals surface area (Å²) < 4.78 is 57.0. The van der Waals surface area contributed by atoms with Gasteiger partial charge in [-0.2, -0.15) is 0 Å². The highest BCUT2D eigenvalue weighted by Crippen LogP contribution is 2.48. The number of hydrogen-bond donors (Lipinski definition) is 0. The Bertz CT molecular complexity index is 810. The molecule has 1 aliphatic rings. The van der Waals surface area contributed by atoms with Gasteiger partial charge in [0.25, 0.3) is 0 Å². The lowest BCUT2D eigenvalue weighted by Crippen LogP contribution is -2.14. The number of rotatable bonds is 0. The normalized spacial score (nSPS) is 21.8. The molecule has 2 aromatic carbocycles. The van der Waals surface area contributed by atoms with Crippen LogP contribution in [-0.4, -0.2) is 0 Å². The molecule has 0 spiro atoms. The number of hydrogen-bond acceptors (Lipinski definition) is 0. The standard InChI is InChI=1S/C16H16/c1-11-8-9-15-13(10-11)12-6-4-5-7-14(12)16(15,2)3/h4-10H,1-3H3/i4D,5D,6D,7D,8D,9D,10D. The fraction of sp³-hybridized carbons (Fsp3) is 0.250. The summed E-state index contributed by atoms with van der Waals surface area (Å²) in [5, 5.41) is 0. The Kier molecular flexibility index (Phi) is 0.883. The topological polar surface area (TPSA) is 0 Å². The van der Waals surface area contributed by atoms with E-state index in [1.165, 1.54) is 0 Å².